The standard InChI is InChI=1S/C15H14N8O4S/c1-28(26,27)14-12(9-16)13(22(19-14)11-5-3-2-4-6-11)18-10-21-8-7-17-15(21)20-23(24)25/h2-6,10H,7-8H2,1H3,(H,17,20)/b18-10+. The van der Waals surface area contributed by atoms with Crippen LogP contribution in [0.4, 0.5) is 5.82 Å². The van der Waals surface area contributed by atoms with Crippen LogP contribution in [0.3, 0.4) is 0 Å². The van der Waals surface area contributed by atoms with E-state index in [2.05, 4.69) is 20.5 Å². The molecule has 0 bridgehead atoms. The van der Waals surface area contributed by atoms with E-state index in [4.69, 9.17) is 0 Å². The summed E-state index contributed by atoms with van der Waals surface area (Å²) >= 11 is 0. The van der Waals surface area contributed by atoms with Crippen molar-refractivity contribution in [3.63, 3.8) is 0 Å². The Bertz CT molecular complexity index is 1110. The van der Waals surface area contributed by atoms with Crippen molar-refractivity contribution in [3.05, 3.63) is 46.0 Å². The second kappa shape index (κ2) is 7.45. The average molecular weight is 402 g/mol. The maximum Gasteiger partial charge on any atom is 0.276 e. The third-order valence-corrected chi connectivity index (χ3v) is 4.68. The van der Waals surface area contributed by atoms with Gasteiger partial charge in [0.05, 0.1) is 5.69 Å². The van der Waals surface area contributed by atoms with Crippen molar-refractivity contribution < 1.29 is 13.5 Å². The molecule has 2 aromatic rings. The number of benzene rings is 1. The molecule has 1 aromatic heterocycles. The Hall–Kier alpha value is -3.79. The van der Waals surface area contributed by atoms with Crippen molar-refractivity contribution in [1.29, 1.82) is 5.26 Å². The molecule has 144 valence electrons. The maximum absolute atomic E-state index is 12.0. The van der Waals surface area contributed by atoms with Gasteiger partial charge >= 0.3 is 0 Å². The van der Waals surface area contributed by atoms with Crippen molar-refractivity contribution in [3.8, 4) is 11.8 Å². The molecule has 0 spiro atoms. The van der Waals surface area contributed by atoms with E-state index in [0.29, 0.717) is 18.8 Å². The number of nitro groups is 1. The van der Waals surface area contributed by atoms with Crippen molar-refractivity contribution in [1.82, 2.24) is 20.0 Å². The SMILES string of the molecule is CS(=O)(=O)c1nn(-c2ccccc2)c(/N=C/N2CCN/C2=N\[N+](=O)[O-])c1C#N. The van der Waals surface area contributed by atoms with Gasteiger partial charge in [0.25, 0.3) is 5.96 Å². The Balaban J connectivity index is 2.13. The van der Waals surface area contributed by atoms with E-state index in [-0.39, 0.29) is 17.3 Å². The molecule has 0 saturated carbocycles. The van der Waals surface area contributed by atoms with Gasteiger partial charge in [-0.25, -0.2) is 28.2 Å². The number of rotatable bonds is 5. The molecule has 0 aliphatic carbocycles. The van der Waals surface area contributed by atoms with E-state index in [9.17, 15) is 23.8 Å². The van der Waals surface area contributed by atoms with Crippen LogP contribution in [0.1, 0.15) is 5.56 Å². The minimum atomic E-state index is -3.79. The Kier molecular flexibility index (Phi) is 5.05. The van der Waals surface area contributed by atoms with E-state index < -0.39 is 19.9 Å². The molecule has 2 heterocycles. The average Bonchev–Trinajstić information content (AvgIpc) is 3.23. The molecular weight excluding hydrogens is 388 g/mol. The Labute approximate surface area is 159 Å². The van der Waals surface area contributed by atoms with E-state index >= 15 is 0 Å². The minimum Gasteiger partial charge on any atom is -0.349 e. The molecule has 13 heteroatoms. The second-order valence-electron chi connectivity index (χ2n) is 5.66. The summed E-state index contributed by atoms with van der Waals surface area (Å²) in [6.45, 7) is 0.771. The molecule has 0 amide bonds. The quantitative estimate of drug-likeness (QED) is 0.323. The van der Waals surface area contributed by atoms with Crippen LogP contribution < -0.4 is 5.32 Å². The summed E-state index contributed by atoms with van der Waals surface area (Å²) in [4.78, 5) is 16.2. The Morgan fingerprint density at radius 2 is 2.11 bits per heavy atom. The fourth-order valence-corrected chi connectivity index (χ4v) is 3.26. The molecule has 0 unspecified atom stereocenters. The van der Waals surface area contributed by atoms with Crippen LogP contribution in [0.25, 0.3) is 5.69 Å². The molecule has 1 aliphatic heterocycles. The lowest BCUT2D eigenvalue weighted by Crippen LogP contribution is -2.29. The zero-order valence-electron chi connectivity index (χ0n) is 14.6. The third-order valence-electron chi connectivity index (χ3n) is 3.70. The van der Waals surface area contributed by atoms with Gasteiger partial charge < -0.3 is 5.32 Å². The van der Waals surface area contributed by atoms with Crippen LogP contribution in [0.2, 0.25) is 0 Å². The van der Waals surface area contributed by atoms with Crippen molar-refractivity contribution >= 4 is 28.0 Å². The maximum atomic E-state index is 12.0. The molecular formula is C15H14N8O4S. The van der Waals surface area contributed by atoms with Crippen LogP contribution in [0, 0.1) is 21.4 Å². The second-order valence-corrected chi connectivity index (χ2v) is 7.59. The highest BCUT2D eigenvalue weighted by molar-refractivity contribution is 7.90. The number of sulfone groups is 1. The number of hydrogen-bond donors (Lipinski definition) is 1. The zero-order chi connectivity index (χ0) is 20.3. The zero-order valence-corrected chi connectivity index (χ0v) is 15.4. The number of nitrogens with zero attached hydrogens (tertiary/aromatic N) is 7. The summed E-state index contributed by atoms with van der Waals surface area (Å²) in [5.74, 6) is -0.0251. The first-order valence-electron chi connectivity index (χ1n) is 7.87. The molecule has 0 radical (unpaired) electrons. The number of aromatic nitrogens is 2. The predicted octanol–water partition coefficient (Wildman–Crippen LogP) is 0.260. The van der Waals surface area contributed by atoms with E-state index in [1.54, 1.807) is 30.3 Å². The van der Waals surface area contributed by atoms with Crippen molar-refractivity contribution in [2.24, 2.45) is 10.1 Å². The van der Waals surface area contributed by atoms with E-state index in [1.807, 2.05) is 6.07 Å². The number of nitriles is 1. The van der Waals surface area contributed by atoms with Gasteiger partial charge in [0.1, 0.15) is 23.1 Å². The van der Waals surface area contributed by atoms with Crippen LogP contribution in [0.15, 0.2) is 45.5 Å². The van der Waals surface area contributed by atoms with Gasteiger partial charge in [-0.15, -0.1) is 0 Å². The third kappa shape index (κ3) is 3.81. The number of para-hydroxylation sites is 1. The molecule has 1 aromatic carbocycles. The largest absolute Gasteiger partial charge is 0.349 e. The molecule has 1 saturated heterocycles. The molecule has 1 aliphatic rings. The fourth-order valence-electron chi connectivity index (χ4n) is 2.52. The summed E-state index contributed by atoms with van der Waals surface area (Å²) in [6, 6.07) is 10.4. The van der Waals surface area contributed by atoms with E-state index in [0.717, 1.165) is 6.26 Å². The highest BCUT2D eigenvalue weighted by atomic mass is 32.2. The molecule has 3 rings (SSSR count). The van der Waals surface area contributed by atoms with Gasteiger partial charge in [-0.05, 0) is 12.1 Å². The normalized spacial score (nSPS) is 15.7. The summed E-state index contributed by atoms with van der Waals surface area (Å²) in [5.41, 5.74) is 0.280. The molecule has 1 fully saturated rings. The summed E-state index contributed by atoms with van der Waals surface area (Å²) < 4.78 is 25.3. The van der Waals surface area contributed by atoms with Gasteiger partial charge in [-0.1, -0.05) is 18.2 Å². The lowest BCUT2D eigenvalue weighted by molar-refractivity contribution is -0.485. The number of hydrogen-bond acceptors (Lipinski definition) is 7. The molecule has 0 atom stereocenters. The van der Waals surface area contributed by atoms with Crippen molar-refractivity contribution in [2.45, 2.75) is 5.03 Å². The number of aliphatic imine (C=N–C) groups is 1. The summed E-state index contributed by atoms with van der Waals surface area (Å²) in [6.07, 6.45) is 2.19. The van der Waals surface area contributed by atoms with Gasteiger partial charge in [-0.2, -0.15) is 10.4 Å². The summed E-state index contributed by atoms with van der Waals surface area (Å²) in [7, 11) is -3.79. The van der Waals surface area contributed by atoms with Gasteiger partial charge in [0.15, 0.2) is 25.7 Å². The Morgan fingerprint density at radius 3 is 2.71 bits per heavy atom. The first-order chi connectivity index (χ1) is 13.3. The first-order valence-corrected chi connectivity index (χ1v) is 9.76. The van der Waals surface area contributed by atoms with Gasteiger partial charge in [-0.3, -0.25) is 4.90 Å². The van der Waals surface area contributed by atoms with Crippen molar-refractivity contribution in [2.75, 3.05) is 19.3 Å². The number of nitrogens with one attached hydrogen (secondary N) is 1. The van der Waals surface area contributed by atoms with Gasteiger partial charge in [0, 0.05) is 19.3 Å². The lowest BCUT2D eigenvalue weighted by atomic mass is 10.3. The highest BCUT2D eigenvalue weighted by Gasteiger charge is 2.26. The van der Waals surface area contributed by atoms with Crippen LogP contribution in [-0.4, -0.2) is 59.8 Å². The Morgan fingerprint density at radius 1 is 1.39 bits per heavy atom. The van der Waals surface area contributed by atoms with Gasteiger partial charge in [0.2, 0.25) is 0 Å². The van der Waals surface area contributed by atoms with Crippen LogP contribution in [-0.2, 0) is 9.84 Å². The fraction of sp³-hybridized carbons (Fsp3) is 0.200. The number of hydrazone groups is 1. The van der Waals surface area contributed by atoms with E-state index in [1.165, 1.54) is 15.9 Å². The molecule has 12 nitrogen and oxygen atoms in total. The lowest BCUT2D eigenvalue weighted by Gasteiger charge is -2.08. The monoisotopic (exact) mass is 402 g/mol. The minimum absolute atomic E-state index is 0.0125. The highest BCUT2D eigenvalue weighted by Crippen LogP contribution is 2.28. The van der Waals surface area contributed by atoms with Crippen LogP contribution in [0.5, 0.6) is 0 Å². The smallest absolute Gasteiger partial charge is 0.276 e. The molecule has 1 N–H and O–H groups in total. The molecule has 28 heavy (non-hydrogen) atoms. The predicted molar refractivity (Wildman–Crippen MR) is 98.7 cm³/mol. The topological polar surface area (TPSA) is 159 Å². The summed E-state index contributed by atoms with van der Waals surface area (Å²) in [5, 5.41) is 28.9. The number of guanidine groups is 1. The van der Waals surface area contributed by atoms with Crippen LogP contribution >= 0.6 is 0 Å². The first kappa shape index (κ1) is 19.0.